The second kappa shape index (κ2) is 7.14. The molecule has 0 aliphatic carbocycles. The van der Waals surface area contributed by atoms with E-state index in [0.717, 1.165) is 22.6 Å². The lowest BCUT2D eigenvalue weighted by Gasteiger charge is -2.24. The van der Waals surface area contributed by atoms with Crippen LogP contribution < -0.4 is 4.74 Å². The lowest BCUT2D eigenvalue weighted by molar-refractivity contribution is -0.00112. The molecule has 1 aliphatic rings. The van der Waals surface area contributed by atoms with Crippen LogP contribution in [0.15, 0.2) is 53.1 Å². The maximum atomic E-state index is 6.07. The molecule has 4 aromatic rings. The summed E-state index contributed by atoms with van der Waals surface area (Å²) in [4.78, 5) is 4.48. The lowest BCUT2D eigenvalue weighted by Crippen LogP contribution is -2.22. The van der Waals surface area contributed by atoms with Crippen LogP contribution in [-0.4, -0.2) is 32.2 Å². The summed E-state index contributed by atoms with van der Waals surface area (Å²) in [7, 11) is 1.63. The largest absolute Gasteiger partial charge is 0.497 e. The normalized spacial score (nSPS) is 15.9. The molecule has 5 rings (SSSR count). The second-order valence-electron chi connectivity index (χ2n) is 6.93. The van der Waals surface area contributed by atoms with Gasteiger partial charge in [-0.05, 0) is 36.8 Å². The quantitative estimate of drug-likeness (QED) is 0.527. The van der Waals surface area contributed by atoms with Gasteiger partial charge in [-0.2, -0.15) is 4.98 Å². The van der Waals surface area contributed by atoms with Crippen LogP contribution >= 0.6 is 0 Å². The molecule has 146 valence electrons. The maximum Gasteiger partial charge on any atom is 0.258 e. The van der Waals surface area contributed by atoms with Gasteiger partial charge in [0.05, 0.1) is 26.0 Å². The van der Waals surface area contributed by atoms with E-state index in [1.165, 1.54) is 5.56 Å². The fraction of sp³-hybridized carbons (Fsp3) is 0.238. The number of fused-ring (bicyclic) bond motifs is 1. The third-order valence-electron chi connectivity index (χ3n) is 5.02. The van der Waals surface area contributed by atoms with Crippen molar-refractivity contribution in [3.05, 3.63) is 65.4 Å². The molecule has 0 bridgehead atoms. The summed E-state index contributed by atoms with van der Waals surface area (Å²) in [6.07, 6.45) is -0.0576. The van der Waals surface area contributed by atoms with Gasteiger partial charge in [-0.15, -0.1) is 5.10 Å². The number of ether oxygens (including phenoxy) is 2. The molecule has 1 unspecified atom stereocenters. The van der Waals surface area contributed by atoms with Crippen molar-refractivity contribution >= 4 is 0 Å². The monoisotopic (exact) mass is 389 g/mol. The zero-order chi connectivity index (χ0) is 19.8. The van der Waals surface area contributed by atoms with Gasteiger partial charge < -0.3 is 14.0 Å². The Labute approximate surface area is 167 Å². The fourth-order valence-corrected chi connectivity index (χ4v) is 3.34. The van der Waals surface area contributed by atoms with Crippen LogP contribution in [0.1, 0.15) is 22.9 Å². The average Bonchev–Trinajstić information content (AvgIpc) is 3.41. The summed E-state index contributed by atoms with van der Waals surface area (Å²) in [6, 6.07) is 15.8. The van der Waals surface area contributed by atoms with E-state index in [4.69, 9.17) is 14.0 Å². The highest BCUT2D eigenvalue weighted by atomic mass is 16.5. The first-order chi connectivity index (χ1) is 14.2. The van der Waals surface area contributed by atoms with Crippen LogP contribution in [0.3, 0.4) is 0 Å². The van der Waals surface area contributed by atoms with Gasteiger partial charge in [0.1, 0.15) is 11.9 Å². The molecule has 8 heteroatoms. The van der Waals surface area contributed by atoms with Crippen molar-refractivity contribution in [1.82, 2.24) is 25.1 Å². The number of benzene rings is 2. The summed E-state index contributed by atoms with van der Waals surface area (Å²) in [6.45, 7) is 3.04. The molecule has 1 aliphatic heterocycles. The number of aryl methyl sites for hydroxylation is 1. The first kappa shape index (κ1) is 17.6. The van der Waals surface area contributed by atoms with Gasteiger partial charge in [0.25, 0.3) is 5.89 Å². The van der Waals surface area contributed by atoms with Crippen molar-refractivity contribution in [3.8, 4) is 28.7 Å². The molecule has 0 spiro atoms. The van der Waals surface area contributed by atoms with Crippen molar-refractivity contribution in [1.29, 1.82) is 0 Å². The van der Waals surface area contributed by atoms with Gasteiger partial charge in [0.2, 0.25) is 5.82 Å². The Bertz CT molecular complexity index is 1130. The Balaban J connectivity index is 1.39. The minimum Gasteiger partial charge on any atom is -0.497 e. The van der Waals surface area contributed by atoms with Gasteiger partial charge >= 0.3 is 0 Å². The van der Waals surface area contributed by atoms with E-state index >= 15 is 0 Å². The number of nitrogens with zero attached hydrogens (tertiary/aromatic N) is 5. The van der Waals surface area contributed by atoms with Gasteiger partial charge in [0.15, 0.2) is 5.69 Å². The zero-order valence-corrected chi connectivity index (χ0v) is 16.1. The van der Waals surface area contributed by atoms with Crippen LogP contribution in [-0.2, 0) is 17.9 Å². The van der Waals surface area contributed by atoms with Crippen LogP contribution in [0.5, 0.6) is 5.75 Å². The topological polar surface area (TPSA) is 88.1 Å². The molecule has 0 saturated heterocycles. The average molecular weight is 389 g/mol. The predicted octanol–water partition coefficient (Wildman–Crippen LogP) is 3.58. The van der Waals surface area contributed by atoms with E-state index in [1.54, 1.807) is 7.11 Å². The predicted molar refractivity (Wildman–Crippen MR) is 104 cm³/mol. The molecule has 0 radical (unpaired) electrons. The minimum atomic E-state index is -0.0576. The van der Waals surface area contributed by atoms with Crippen LogP contribution in [0.4, 0.5) is 0 Å². The van der Waals surface area contributed by atoms with Gasteiger partial charge in [0, 0.05) is 5.56 Å². The minimum absolute atomic E-state index is 0.0576. The molecule has 0 saturated carbocycles. The molecule has 2 aromatic heterocycles. The Morgan fingerprint density at radius 2 is 1.86 bits per heavy atom. The van der Waals surface area contributed by atoms with Crippen LogP contribution in [0.2, 0.25) is 0 Å². The first-order valence-corrected chi connectivity index (χ1v) is 9.30. The maximum absolute atomic E-state index is 6.07. The number of rotatable bonds is 4. The van der Waals surface area contributed by atoms with E-state index in [-0.39, 0.29) is 6.10 Å². The van der Waals surface area contributed by atoms with Gasteiger partial charge in [-0.25, -0.2) is 4.68 Å². The van der Waals surface area contributed by atoms with Gasteiger partial charge in [-0.3, -0.25) is 0 Å². The van der Waals surface area contributed by atoms with E-state index in [1.807, 2.05) is 28.9 Å². The van der Waals surface area contributed by atoms with Gasteiger partial charge in [-0.1, -0.05) is 40.2 Å². The Morgan fingerprint density at radius 3 is 2.62 bits per heavy atom. The molecule has 2 aromatic carbocycles. The highest BCUT2D eigenvalue weighted by molar-refractivity contribution is 5.59. The summed E-state index contributed by atoms with van der Waals surface area (Å²) in [5.74, 6) is 1.58. The lowest BCUT2D eigenvalue weighted by atomic mass is 10.1. The highest BCUT2D eigenvalue weighted by Crippen LogP contribution is 2.31. The first-order valence-electron chi connectivity index (χ1n) is 9.30. The van der Waals surface area contributed by atoms with E-state index < -0.39 is 0 Å². The Kier molecular flexibility index (Phi) is 4.33. The standard InChI is InChI=1S/C21H19N5O3/c1-13-3-5-14(6-4-13)18-11-26-17(12-28-18)19(23-25-26)20-22-21(29-24-20)15-7-9-16(27-2)10-8-15/h3-10,18H,11-12H2,1-2H3. The zero-order valence-electron chi connectivity index (χ0n) is 16.1. The summed E-state index contributed by atoms with van der Waals surface area (Å²) < 4.78 is 18.5. The number of methoxy groups -OCH3 is 1. The van der Waals surface area contributed by atoms with Crippen molar-refractivity contribution in [3.63, 3.8) is 0 Å². The van der Waals surface area contributed by atoms with Crippen molar-refractivity contribution in [2.45, 2.75) is 26.2 Å². The summed E-state index contributed by atoms with van der Waals surface area (Å²) >= 11 is 0. The second-order valence-corrected chi connectivity index (χ2v) is 6.93. The fourth-order valence-electron chi connectivity index (χ4n) is 3.34. The third kappa shape index (κ3) is 3.27. The number of hydrogen-bond acceptors (Lipinski definition) is 7. The van der Waals surface area contributed by atoms with Crippen molar-refractivity contribution in [2.75, 3.05) is 7.11 Å². The molecule has 8 nitrogen and oxygen atoms in total. The molecule has 0 fully saturated rings. The third-order valence-corrected chi connectivity index (χ3v) is 5.02. The molecule has 1 atom stereocenters. The summed E-state index contributed by atoms with van der Waals surface area (Å²) in [5.41, 5.74) is 4.57. The van der Waals surface area contributed by atoms with Crippen molar-refractivity contribution in [2.24, 2.45) is 0 Å². The van der Waals surface area contributed by atoms with E-state index in [2.05, 4.69) is 51.6 Å². The summed E-state index contributed by atoms with van der Waals surface area (Å²) in [5, 5.41) is 12.6. The van der Waals surface area contributed by atoms with Crippen LogP contribution in [0.25, 0.3) is 23.0 Å². The van der Waals surface area contributed by atoms with E-state index in [0.29, 0.717) is 30.6 Å². The Hall–Kier alpha value is -3.52. The van der Waals surface area contributed by atoms with E-state index in [9.17, 15) is 0 Å². The molecule has 29 heavy (non-hydrogen) atoms. The smallest absolute Gasteiger partial charge is 0.258 e. The molecular weight excluding hydrogens is 370 g/mol. The van der Waals surface area contributed by atoms with Crippen molar-refractivity contribution < 1.29 is 14.0 Å². The molecular formula is C21H19N5O3. The highest BCUT2D eigenvalue weighted by Gasteiger charge is 2.27. The Morgan fingerprint density at radius 1 is 1.07 bits per heavy atom. The molecule has 0 N–H and O–H groups in total. The SMILES string of the molecule is COc1ccc(-c2nc(-c3nnn4c3COC(c3ccc(C)cc3)C4)no2)cc1. The van der Waals surface area contributed by atoms with Crippen LogP contribution in [0, 0.1) is 6.92 Å². The molecule has 3 heterocycles. The number of aromatic nitrogens is 5. The number of hydrogen-bond donors (Lipinski definition) is 0. The molecule has 0 amide bonds.